The van der Waals surface area contributed by atoms with Crippen molar-refractivity contribution in [3.05, 3.63) is 45.9 Å². The number of methoxy groups -OCH3 is 1. The zero-order chi connectivity index (χ0) is 27.1. The third-order valence-electron chi connectivity index (χ3n) is 6.64. The molecule has 1 aromatic carbocycles. The standard InChI is InChI=1S/C29H42N2O4S/c1-18(2)16-29(26(33)35-28(7,8)9)17-19(3)23(24-30-13-14-36-24)31(29)25(32)20-11-12-21(27(4,5)6)22(15-20)34-10/h11-15,18-19,23H,16-17H2,1-10H3/t19-,23+,29-/m0/s1. The molecule has 0 saturated carbocycles. The van der Waals surface area contributed by atoms with Gasteiger partial charge < -0.3 is 14.4 Å². The van der Waals surface area contributed by atoms with Crippen LogP contribution in [-0.4, -0.2) is 40.0 Å². The molecular weight excluding hydrogens is 472 g/mol. The number of hydrogen-bond acceptors (Lipinski definition) is 6. The number of amides is 1. The molecule has 0 aliphatic carbocycles. The average molecular weight is 515 g/mol. The summed E-state index contributed by atoms with van der Waals surface area (Å²) in [5.41, 5.74) is -0.392. The predicted molar refractivity (Wildman–Crippen MR) is 145 cm³/mol. The van der Waals surface area contributed by atoms with E-state index >= 15 is 0 Å². The molecule has 0 spiro atoms. The van der Waals surface area contributed by atoms with Crippen LogP contribution < -0.4 is 4.74 Å². The van der Waals surface area contributed by atoms with Gasteiger partial charge in [-0.15, -0.1) is 11.3 Å². The Balaban J connectivity index is 2.21. The zero-order valence-corrected chi connectivity index (χ0v) is 24.3. The SMILES string of the molecule is COc1cc(C(=O)N2[C@@H](c3nccs3)[C@@H](C)C[C@@]2(CC(C)C)C(=O)OC(C)(C)C)ccc1C(C)(C)C. The summed E-state index contributed by atoms with van der Waals surface area (Å²) in [6, 6.07) is 5.29. The van der Waals surface area contributed by atoms with Gasteiger partial charge in [-0.25, -0.2) is 9.78 Å². The fraction of sp³-hybridized carbons (Fsp3) is 0.621. The van der Waals surface area contributed by atoms with E-state index in [1.165, 1.54) is 11.3 Å². The molecule has 198 valence electrons. The van der Waals surface area contributed by atoms with E-state index in [1.807, 2.05) is 38.3 Å². The maximum absolute atomic E-state index is 14.4. The second-order valence-electron chi connectivity index (χ2n) is 12.5. The number of thiazole rings is 1. The maximum Gasteiger partial charge on any atom is 0.332 e. The summed E-state index contributed by atoms with van der Waals surface area (Å²) >= 11 is 1.52. The summed E-state index contributed by atoms with van der Waals surface area (Å²) in [6.45, 7) is 18.2. The fourth-order valence-corrected chi connectivity index (χ4v) is 6.26. The Hall–Kier alpha value is -2.41. The van der Waals surface area contributed by atoms with E-state index in [4.69, 9.17) is 9.47 Å². The van der Waals surface area contributed by atoms with Crippen LogP contribution in [0.3, 0.4) is 0 Å². The van der Waals surface area contributed by atoms with Crippen molar-refractivity contribution in [1.29, 1.82) is 0 Å². The maximum atomic E-state index is 14.4. The molecule has 3 atom stereocenters. The number of esters is 1. The van der Waals surface area contributed by atoms with Crippen LogP contribution >= 0.6 is 11.3 Å². The Morgan fingerprint density at radius 3 is 2.36 bits per heavy atom. The minimum atomic E-state index is -1.09. The second kappa shape index (κ2) is 10.2. The smallest absolute Gasteiger partial charge is 0.332 e. The molecule has 1 amide bonds. The van der Waals surface area contributed by atoms with Gasteiger partial charge in [0.25, 0.3) is 5.91 Å². The van der Waals surface area contributed by atoms with Gasteiger partial charge in [-0.1, -0.05) is 47.6 Å². The van der Waals surface area contributed by atoms with Crippen molar-refractivity contribution in [2.75, 3.05) is 7.11 Å². The average Bonchev–Trinajstić information content (AvgIpc) is 3.36. The van der Waals surface area contributed by atoms with Crippen LogP contribution in [0.5, 0.6) is 5.75 Å². The molecule has 36 heavy (non-hydrogen) atoms. The highest BCUT2D eigenvalue weighted by Crippen LogP contribution is 2.51. The number of carbonyl (C=O) groups excluding carboxylic acids is 2. The highest BCUT2D eigenvalue weighted by Gasteiger charge is 2.59. The van der Waals surface area contributed by atoms with E-state index < -0.39 is 11.1 Å². The van der Waals surface area contributed by atoms with E-state index in [2.05, 4.69) is 46.5 Å². The Morgan fingerprint density at radius 2 is 1.86 bits per heavy atom. The molecule has 0 radical (unpaired) electrons. The molecule has 0 unspecified atom stereocenters. The Bertz CT molecular complexity index is 1080. The molecule has 1 aliphatic heterocycles. The summed E-state index contributed by atoms with van der Waals surface area (Å²) in [6.07, 6.45) is 2.79. The van der Waals surface area contributed by atoms with Crippen molar-refractivity contribution in [2.45, 2.75) is 97.8 Å². The number of aromatic nitrogens is 1. The van der Waals surface area contributed by atoms with Gasteiger partial charge in [0.05, 0.1) is 13.2 Å². The highest BCUT2D eigenvalue weighted by atomic mass is 32.1. The number of benzene rings is 1. The lowest BCUT2D eigenvalue weighted by atomic mass is 9.83. The van der Waals surface area contributed by atoms with Gasteiger partial charge >= 0.3 is 5.97 Å². The molecular formula is C29H42N2O4S. The van der Waals surface area contributed by atoms with E-state index in [0.29, 0.717) is 24.2 Å². The first-order valence-electron chi connectivity index (χ1n) is 12.8. The van der Waals surface area contributed by atoms with Gasteiger partial charge in [-0.05, 0) is 68.6 Å². The minimum absolute atomic E-state index is 0.0297. The van der Waals surface area contributed by atoms with Crippen LogP contribution in [0.25, 0.3) is 0 Å². The molecule has 1 saturated heterocycles. The quantitative estimate of drug-likeness (QED) is 0.397. The van der Waals surface area contributed by atoms with Crippen molar-refractivity contribution in [2.24, 2.45) is 11.8 Å². The summed E-state index contributed by atoms with van der Waals surface area (Å²) in [4.78, 5) is 34.8. The Labute approximate surface area is 220 Å². The van der Waals surface area contributed by atoms with E-state index in [9.17, 15) is 9.59 Å². The molecule has 1 aromatic heterocycles. The molecule has 1 aliphatic rings. The lowest BCUT2D eigenvalue weighted by molar-refractivity contribution is -0.168. The number of nitrogens with zero attached hydrogens (tertiary/aromatic N) is 2. The third-order valence-corrected chi connectivity index (χ3v) is 7.49. The van der Waals surface area contributed by atoms with E-state index in [1.54, 1.807) is 24.3 Å². The molecule has 7 heteroatoms. The van der Waals surface area contributed by atoms with Crippen molar-refractivity contribution < 1.29 is 19.1 Å². The highest BCUT2D eigenvalue weighted by molar-refractivity contribution is 7.09. The molecule has 2 aromatic rings. The van der Waals surface area contributed by atoms with Crippen LogP contribution in [0, 0.1) is 11.8 Å². The summed E-state index contributed by atoms with van der Waals surface area (Å²) in [5.74, 6) is 0.319. The van der Waals surface area contributed by atoms with Crippen molar-refractivity contribution in [3.8, 4) is 5.75 Å². The number of likely N-dealkylation sites (tertiary alicyclic amines) is 1. The van der Waals surface area contributed by atoms with Gasteiger partial charge in [-0.3, -0.25) is 4.79 Å². The zero-order valence-electron chi connectivity index (χ0n) is 23.5. The Morgan fingerprint density at radius 1 is 1.19 bits per heavy atom. The van der Waals surface area contributed by atoms with Crippen molar-refractivity contribution in [3.63, 3.8) is 0 Å². The number of rotatable bonds is 6. The molecule has 0 bridgehead atoms. The van der Waals surface area contributed by atoms with Gasteiger partial charge in [0.1, 0.15) is 21.9 Å². The third kappa shape index (κ3) is 5.61. The normalized spacial score (nSPS) is 22.7. The van der Waals surface area contributed by atoms with Crippen LogP contribution in [0.1, 0.15) is 102 Å². The topological polar surface area (TPSA) is 68.7 Å². The lowest BCUT2D eigenvalue weighted by Crippen LogP contribution is -2.56. The van der Waals surface area contributed by atoms with Gasteiger partial charge in [0, 0.05) is 17.1 Å². The lowest BCUT2D eigenvalue weighted by Gasteiger charge is -2.41. The van der Waals surface area contributed by atoms with Crippen molar-refractivity contribution >= 4 is 23.2 Å². The first-order chi connectivity index (χ1) is 16.6. The summed E-state index contributed by atoms with van der Waals surface area (Å²) < 4.78 is 11.7. The molecule has 1 fully saturated rings. The first kappa shape index (κ1) is 28.2. The van der Waals surface area contributed by atoms with E-state index in [-0.39, 0.29) is 35.2 Å². The molecule has 0 N–H and O–H groups in total. The van der Waals surface area contributed by atoms with Crippen LogP contribution in [-0.2, 0) is 14.9 Å². The van der Waals surface area contributed by atoms with E-state index in [0.717, 1.165) is 10.6 Å². The van der Waals surface area contributed by atoms with Crippen LogP contribution in [0.2, 0.25) is 0 Å². The largest absolute Gasteiger partial charge is 0.496 e. The van der Waals surface area contributed by atoms with Gasteiger partial charge in [0.15, 0.2) is 0 Å². The summed E-state index contributed by atoms with van der Waals surface area (Å²) in [5, 5.41) is 2.75. The van der Waals surface area contributed by atoms with Gasteiger partial charge in [0.2, 0.25) is 0 Å². The Kier molecular flexibility index (Phi) is 7.95. The van der Waals surface area contributed by atoms with Crippen LogP contribution in [0.4, 0.5) is 0 Å². The molecule has 2 heterocycles. The molecule has 6 nitrogen and oxygen atoms in total. The number of ether oxygens (including phenoxy) is 2. The van der Waals surface area contributed by atoms with Crippen LogP contribution in [0.15, 0.2) is 29.8 Å². The molecule has 3 rings (SSSR count). The summed E-state index contributed by atoms with van der Waals surface area (Å²) in [7, 11) is 1.62. The number of hydrogen-bond donors (Lipinski definition) is 0. The fourth-order valence-electron chi connectivity index (χ4n) is 5.40. The van der Waals surface area contributed by atoms with Crippen molar-refractivity contribution in [1.82, 2.24) is 9.88 Å². The predicted octanol–water partition coefficient (Wildman–Crippen LogP) is 6.80. The second-order valence-corrected chi connectivity index (χ2v) is 13.4. The monoisotopic (exact) mass is 514 g/mol. The number of carbonyl (C=O) groups is 2. The first-order valence-corrected chi connectivity index (χ1v) is 13.6. The van der Waals surface area contributed by atoms with Gasteiger partial charge in [-0.2, -0.15) is 0 Å². The minimum Gasteiger partial charge on any atom is -0.496 e.